The third kappa shape index (κ3) is 4.84. The number of benzene rings is 2. The first-order chi connectivity index (χ1) is 14.3. The van der Waals surface area contributed by atoms with Gasteiger partial charge in [-0.1, -0.05) is 24.3 Å². The van der Waals surface area contributed by atoms with E-state index in [1.807, 2.05) is 0 Å². The Morgan fingerprint density at radius 2 is 2.00 bits per heavy atom. The van der Waals surface area contributed by atoms with Gasteiger partial charge in [0.1, 0.15) is 24.2 Å². The highest BCUT2D eigenvalue weighted by molar-refractivity contribution is 14.1. The standard InChI is InChI=1S/C21H17FINO5S/c1-12(20(26)28-2)24-19(25)18(30-21(24)27)10-13-7-8-17(16(23)9-13)29-11-14-5-3-4-6-15(14)22/h3-10,12H,11H2,1-2H3/b18-10+/t12-/m0/s1. The molecule has 6 nitrogen and oxygen atoms in total. The normalized spacial score (nSPS) is 16.1. The Morgan fingerprint density at radius 3 is 2.67 bits per heavy atom. The quantitative estimate of drug-likeness (QED) is 0.302. The molecule has 156 valence electrons. The second-order valence-electron chi connectivity index (χ2n) is 6.32. The molecule has 0 N–H and O–H groups in total. The Balaban J connectivity index is 1.74. The number of amides is 2. The SMILES string of the molecule is COC(=O)[C@H](C)N1C(=O)S/C(=C/c2ccc(OCc3ccccc3F)c(I)c2)C1=O. The molecular weight excluding hydrogens is 524 g/mol. The summed E-state index contributed by atoms with van der Waals surface area (Å²) >= 11 is 2.85. The molecule has 0 radical (unpaired) electrons. The molecule has 0 saturated carbocycles. The van der Waals surface area contributed by atoms with Crippen LogP contribution in [0.2, 0.25) is 0 Å². The molecule has 1 atom stereocenters. The molecule has 30 heavy (non-hydrogen) atoms. The molecule has 1 heterocycles. The average Bonchev–Trinajstić information content (AvgIpc) is 3.00. The van der Waals surface area contributed by atoms with Crippen LogP contribution in [0, 0.1) is 9.39 Å². The van der Waals surface area contributed by atoms with Crippen LogP contribution in [-0.2, 0) is 20.9 Å². The number of carbonyl (C=O) groups is 3. The minimum absolute atomic E-state index is 0.0896. The van der Waals surface area contributed by atoms with Gasteiger partial charge in [0, 0.05) is 5.56 Å². The smallest absolute Gasteiger partial charge is 0.328 e. The Morgan fingerprint density at radius 1 is 1.27 bits per heavy atom. The molecule has 1 aliphatic heterocycles. The Hall–Kier alpha value is -2.40. The lowest BCUT2D eigenvalue weighted by Crippen LogP contribution is -2.42. The molecule has 1 fully saturated rings. The van der Waals surface area contributed by atoms with Crippen LogP contribution in [0.3, 0.4) is 0 Å². The van der Waals surface area contributed by atoms with E-state index in [0.29, 0.717) is 16.9 Å². The first-order valence-corrected chi connectivity index (χ1v) is 10.7. The zero-order valence-corrected chi connectivity index (χ0v) is 19.0. The zero-order chi connectivity index (χ0) is 21.8. The number of esters is 1. The van der Waals surface area contributed by atoms with E-state index >= 15 is 0 Å². The predicted octanol–water partition coefficient (Wildman–Crippen LogP) is 4.61. The number of methoxy groups -OCH3 is 1. The van der Waals surface area contributed by atoms with Crippen molar-refractivity contribution in [2.24, 2.45) is 0 Å². The maximum absolute atomic E-state index is 13.7. The van der Waals surface area contributed by atoms with Gasteiger partial charge >= 0.3 is 5.97 Å². The molecule has 1 aliphatic rings. The molecule has 3 rings (SSSR count). The number of hydrogen-bond acceptors (Lipinski definition) is 6. The number of nitrogens with zero attached hydrogens (tertiary/aromatic N) is 1. The molecule has 0 bridgehead atoms. The molecule has 2 aromatic carbocycles. The molecular formula is C21H17FINO5S. The van der Waals surface area contributed by atoms with Crippen molar-refractivity contribution in [3.05, 3.63) is 67.9 Å². The highest BCUT2D eigenvalue weighted by Gasteiger charge is 2.41. The Kier molecular flexibility index (Phi) is 7.14. The maximum atomic E-state index is 13.7. The number of carbonyl (C=O) groups excluding carboxylic acids is 3. The summed E-state index contributed by atoms with van der Waals surface area (Å²) in [6.07, 6.45) is 1.58. The number of hydrogen-bond donors (Lipinski definition) is 0. The third-order valence-electron chi connectivity index (χ3n) is 4.35. The first kappa shape index (κ1) is 22.3. The van der Waals surface area contributed by atoms with Gasteiger partial charge < -0.3 is 9.47 Å². The lowest BCUT2D eigenvalue weighted by atomic mass is 10.2. The minimum atomic E-state index is -0.998. The van der Waals surface area contributed by atoms with Gasteiger partial charge in [-0.25, -0.2) is 9.18 Å². The average molecular weight is 541 g/mol. The first-order valence-electron chi connectivity index (χ1n) is 8.82. The summed E-state index contributed by atoms with van der Waals surface area (Å²) in [4.78, 5) is 37.5. The van der Waals surface area contributed by atoms with Crippen molar-refractivity contribution in [1.82, 2.24) is 4.90 Å². The Labute approximate surface area is 190 Å². The highest BCUT2D eigenvalue weighted by atomic mass is 127. The van der Waals surface area contributed by atoms with Gasteiger partial charge in [0.15, 0.2) is 0 Å². The number of thioether (sulfide) groups is 1. The van der Waals surface area contributed by atoms with Crippen molar-refractivity contribution in [3.8, 4) is 5.75 Å². The highest BCUT2D eigenvalue weighted by Crippen LogP contribution is 2.34. The van der Waals surface area contributed by atoms with E-state index in [1.54, 1.807) is 42.5 Å². The monoisotopic (exact) mass is 541 g/mol. The maximum Gasteiger partial charge on any atom is 0.328 e. The van der Waals surface area contributed by atoms with E-state index < -0.39 is 23.2 Å². The number of rotatable bonds is 6. The van der Waals surface area contributed by atoms with Gasteiger partial charge in [-0.15, -0.1) is 0 Å². The van der Waals surface area contributed by atoms with Gasteiger partial charge in [0.25, 0.3) is 11.1 Å². The molecule has 9 heteroatoms. The van der Waals surface area contributed by atoms with Gasteiger partial charge in [-0.2, -0.15) is 0 Å². The Bertz CT molecular complexity index is 1040. The van der Waals surface area contributed by atoms with E-state index in [0.717, 1.165) is 20.2 Å². The lowest BCUT2D eigenvalue weighted by molar-refractivity contribution is -0.148. The molecule has 0 aromatic heterocycles. The summed E-state index contributed by atoms with van der Waals surface area (Å²) in [7, 11) is 1.20. The van der Waals surface area contributed by atoms with E-state index in [1.165, 1.54) is 20.1 Å². The minimum Gasteiger partial charge on any atom is -0.488 e. The number of halogens is 2. The molecule has 2 aromatic rings. The predicted molar refractivity (Wildman–Crippen MR) is 119 cm³/mol. The summed E-state index contributed by atoms with van der Waals surface area (Å²) in [5, 5.41) is -0.524. The van der Waals surface area contributed by atoms with Crippen molar-refractivity contribution >= 4 is 57.5 Å². The van der Waals surface area contributed by atoms with Crippen LogP contribution >= 0.6 is 34.4 Å². The summed E-state index contributed by atoms with van der Waals surface area (Å²) in [5.74, 6) is -0.966. The van der Waals surface area contributed by atoms with Crippen molar-refractivity contribution in [1.29, 1.82) is 0 Å². The van der Waals surface area contributed by atoms with Crippen LogP contribution in [0.15, 0.2) is 47.4 Å². The largest absolute Gasteiger partial charge is 0.488 e. The van der Waals surface area contributed by atoms with Gasteiger partial charge in [0.2, 0.25) is 0 Å². The van der Waals surface area contributed by atoms with Crippen LogP contribution in [0.4, 0.5) is 9.18 Å². The van der Waals surface area contributed by atoms with Crippen LogP contribution in [-0.4, -0.2) is 35.2 Å². The second kappa shape index (κ2) is 9.61. The van der Waals surface area contributed by atoms with E-state index in [4.69, 9.17) is 4.74 Å². The van der Waals surface area contributed by atoms with E-state index in [-0.39, 0.29) is 17.3 Å². The fourth-order valence-electron chi connectivity index (χ4n) is 2.74. The lowest BCUT2D eigenvalue weighted by Gasteiger charge is -2.18. The fourth-order valence-corrected chi connectivity index (χ4v) is 4.34. The van der Waals surface area contributed by atoms with Gasteiger partial charge in [-0.3, -0.25) is 14.5 Å². The molecule has 1 saturated heterocycles. The second-order valence-corrected chi connectivity index (χ2v) is 8.48. The number of ether oxygens (including phenoxy) is 2. The van der Waals surface area contributed by atoms with Crippen molar-refractivity contribution in [3.63, 3.8) is 0 Å². The van der Waals surface area contributed by atoms with E-state index in [2.05, 4.69) is 27.3 Å². The topological polar surface area (TPSA) is 72.9 Å². The summed E-state index contributed by atoms with van der Waals surface area (Å²) in [5.41, 5.74) is 1.14. The van der Waals surface area contributed by atoms with Crippen molar-refractivity contribution < 1.29 is 28.2 Å². The molecule has 0 unspecified atom stereocenters. The van der Waals surface area contributed by atoms with Crippen molar-refractivity contribution in [2.75, 3.05) is 7.11 Å². The third-order valence-corrected chi connectivity index (χ3v) is 6.07. The zero-order valence-electron chi connectivity index (χ0n) is 16.1. The van der Waals surface area contributed by atoms with Gasteiger partial charge in [0.05, 0.1) is 15.6 Å². The summed E-state index contributed by atoms with van der Waals surface area (Å²) in [6.45, 7) is 1.53. The van der Waals surface area contributed by atoms with E-state index in [9.17, 15) is 18.8 Å². The summed E-state index contributed by atoms with van der Waals surface area (Å²) in [6, 6.07) is 10.6. The molecule has 2 amide bonds. The fraction of sp³-hybridized carbons (Fsp3) is 0.190. The van der Waals surface area contributed by atoms with Crippen LogP contribution in [0.1, 0.15) is 18.1 Å². The number of imide groups is 1. The van der Waals surface area contributed by atoms with Crippen LogP contribution < -0.4 is 4.74 Å². The van der Waals surface area contributed by atoms with Gasteiger partial charge in [-0.05, 0) is 71.1 Å². The van der Waals surface area contributed by atoms with Crippen LogP contribution in [0.25, 0.3) is 6.08 Å². The van der Waals surface area contributed by atoms with Crippen molar-refractivity contribution in [2.45, 2.75) is 19.6 Å². The molecule has 0 spiro atoms. The summed E-state index contributed by atoms with van der Waals surface area (Å²) < 4.78 is 24.8. The van der Waals surface area contributed by atoms with Crippen LogP contribution in [0.5, 0.6) is 5.75 Å². The molecule has 0 aliphatic carbocycles.